The largest absolute Gasteiger partial charge is 0.199 e. The van der Waals surface area contributed by atoms with E-state index in [2.05, 4.69) is 40.8 Å². The molecule has 0 saturated heterocycles. The summed E-state index contributed by atoms with van der Waals surface area (Å²) < 4.78 is 15.2. The summed E-state index contributed by atoms with van der Waals surface area (Å²) in [6.07, 6.45) is 0. The average molecular weight is 319 g/mol. The van der Waals surface area contributed by atoms with Gasteiger partial charge < -0.3 is 0 Å². The van der Waals surface area contributed by atoms with Crippen LogP contribution in [0.3, 0.4) is 0 Å². The highest BCUT2D eigenvalue weighted by Gasteiger charge is 2.36. The molecule has 2 nitrogen and oxygen atoms in total. The third-order valence-electron chi connectivity index (χ3n) is 4.15. The molecule has 0 aliphatic rings. The SMILES string of the molecule is O=S=NCC(c1ccccc1)(c1ccccc1)c1ccccc1. The molecule has 3 aromatic rings. The van der Waals surface area contributed by atoms with Crippen molar-refractivity contribution in [3.63, 3.8) is 0 Å². The van der Waals surface area contributed by atoms with Gasteiger partial charge in [0.1, 0.15) is 0 Å². The van der Waals surface area contributed by atoms with E-state index < -0.39 is 5.41 Å². The van der Waals surface area contributed by atoms with E-state index in [-0.39, 0.29) is 11.5 Å². The first-order chi connectivity index (χ1) is 11.4. The van der Waals surface area contributed by atoms with Gasteiger partial charge in [-0.1, -0.05) is 91.0 Å². The van der Waals surface area contributed by atoms with Crippen molar-refractivity contribution in [3.8, 4) is 0 Å². The summed E-state index contributed by atoms with van der Waals surface area (Å²) >= 11 is 0.287. The molecule has 0 saturated carbocycles. The first kappa shape index (κ1) is 15.4. The second-order valence-electron chi connectivity index (χ2n) is 5.37. The summed E-state index contributed by atoms with van der Waals surface area (Å²) in [4.78, 5) is 0. The highest BCUT2D eigenvalue weighted by Crippen LogP contribution is 2.39. The Morgan fingerprint density at radius 3 is 1.30 bits per heavy atom. The molecule has 0 aliphatic heterocycles. The Morgan fingerprint density at radius 1 is 0.652 bits per heavy atom. The van der Waals surface area contributed by atoms with E-state index in [0.717, 1.165) is 16.7 Å². The lowest BCUT2D eigenvalue weighted by molar-refractivity contribution is 0.630. The van der Waals surface area contributed by atoms with Crippen LogP contribution < -0.4 is 0 Å². The van der Waals surface area contributed by atoms with Crippen molar-refractivity contribution in [3.05, 3.63) is 108 Å². The summed E-state index contributed by atoms with van der Waals surface area (Å²) in [5.74, 6) is 0. The van der Waals surface area contributed by atoms with Crippen molar-refractivity contribution in [2.24, 2.45) is 4.36 Å². The number of rotatable bonds is 5. The topological polar surface area (TPSA) is 29.4 Å². The van der Waals surface area contributed by atoms with E-state index in [1.807, 2.05) is 54.6 Å². The average Bonchev–Trinajstić information content (AvgIpc) is 2.65. The van der Waals surface area contributed by atoms with Crippen molar-refractivity contribution < 1.29 is 4.21 Å². The van der Waals surface area contributed by atoms with Gasteiger partial charge in [0.25, 0.3) is 0 Å². The molecule has 0 unspecified atom stereocenters. The smallest absolute Gasteiger partial charge is 0.193 e. The minimum absolute atomic E-state index is 0.287. The lowest BCUT2D eigenvalue weighted by Crippen LogP contribution is -2.32. The molecule has 0 aromatic heterocycles. The van der Waals surface area contributed by atoms with Crippen LogP contribution in [0.15, 0.2) is 95.4 Å². The summed E-state index contributed by atoms with van der Waals surface area (Å²) in [7, 11) is 0. The number of hydrogen-bond donors (Lipinski definition) is 0. The van der Waals surface area contributed by atoms with Crippen LogP contribution in [0.5, 0.6) is 0 Å². The predicted molar refractivity (Wildman–Crippen MR) is 94.6 cm³/mol. The fourth-order valence-corrected chi connectivity index (χ4v) is 3.31. The normalized spacial score (nSPS) is 11.0. The van der Waals surface area contributed by atoms with Crippen molar-refractivity contribution in [1.29, 1.82) is 0 Å². The molecular formula is C20H17NOS. The highest BCUT2D eigenvalue weighted by molar-refractivity contribution is 7.54. The first-order valence-corrected chi connectivity index (χ1v) is 8.20. The number of benzene rings is 3. The molecule has 0 heterocycles. The molecule has 114 valence electrons. The van der Waals surface area contributed by atoms with Gasteiger partial charge in [-0.3, -0.25) is 0 Å². The van der Waals surface area contributed by atoms with Crippen LogP contribution in [0.25, 0.3) is 0 Å². The van der Waals surface area contributed by atoms with Crippen LogP contribution in [-0.4, -0.2) is 10.8 Å². The van der Waals surface area contributed by atoms with Crippen LogP contribution in [-0.2, 0) is 16.9 Å². The van der Waals surface area contributed by atoms with E-state index in [4.69, 9.17) is 0 Å². The Kier molecular flexibility index (Phi) is 4.79. The fourth-order valence-electron chi connectivity index (χ4n) is 3.07. The van der Waals surface area contributed by atoms with E-state index in [0.29, 0.717) is 6.54 Å². The minimum atomic E-state index is -0.457. The van der Waals surface area contributed by atoms with E-state index >= 15 is 0 Å². The molecule has 0 amide bonds. The Morgan fingerprint density at radius 2 is 1.00 bits per heavy atom. The first-order valence-electron chi connectivity index (χ1n) is 7.50. The molecule has 0 radical (unpaired) electrons. The van der Waals surface area contributed by atoms with Crippen molar-refractivity contribution in [2.45, 2.75) is 5.41 Å². The van der Waals surface area contributed by atoms with Crippen molar-refractivity contribution >= 4 is 11.5 Å². The second-order valence-corrected chi connectivity index (χ2v) is 5.77. The van der Waals surface area contributed by atoms with Gasteiger partial charge in [-0.05, 0) is 16.7 Å². The molecule has 23 heavy (non-hydrogen) atoms. The quantitative estimate of drug-likeness (QED) is 0.640. The monoisotopic (exact) mass is 319 g/mol. The predicted octanol–water partition coefficient (Wildman–Crippen LogP) is 4.42. The lowest BCUT2D eigenvalue weighted by Gasteiger charge is -2.34. The van der Waals surface area contributed by atoms with Gasteiger partial charge in [-0.25, -0.2) is 0 Å². The number of hydrogen-bond acceptors (Lipinski definition) is 2. The van der Waals surface area contributed by atoms with E-state index in [1.54, 1.807) is 0 Å². The Balaban J connectivity index is 2.32. The van der Waals surface area contributed by atoms with Crippen LogP contribution in [0.2, 0.25) is 0 Å². The number of nitrogens with zero attached hydrogens (tertiary/aromatic N) is 1. The van der Waals surface area contributed by atoms with Gasteiger partial charge in [0, 0.05) is 0 Å². The van der Waals surface area contributed by atoms with Crippen LogP contribution in [0.1, 0.15) is 16.7 Å². The van der Waals surface area contributed by atoms with Gasteiger partial charge in [0.05, 0.1) is 12.0 Å². The third-order valence-corrected chi connectivity index (χ3v) is 4.39. The van der Waals surface area contributed by atoms with Crippen LogP contribution in [0, 0.1) is 0 Å². The maximum atomic E-state index is 11.0. The zero-order valence-electron chi connectivity index (χ0n) is 12.6. The summed E-state index contributed by atoms with van der Waals surface area (Å²) in [6, 6.07) is 30.8. The molecule has 3 rings (SSSR count). The fraction of sp³-hybridized carbons (Fsp3) is 0.100. The lowest BCUT2D eigenvalue weighted by atomic mass is 9.69. The molecule has 0 fully saturated rings. The molecule has 0 N–H and O–H groups in total. The molecular weight excluding hydrogens is 302 g/mol. The molecule has 0 atom stereocenters. The van der Waals surface area contributed by atoms with Gasteiger partial charge in [-0.2, -0.15) is 8.57 Å². The zero-order chi connectivity index (χ0) is 16.0. The van der Waals surface area contributed by atoms with Gasteiger partial charge >= 0.3 is 0 Å². The summed E-state index contributed by atoms with van der Waals surface area (Å²) in [6.45, 7) is 0.402. The van der Waals surface area contributed by atoms with Gasteiger partial charge in [0.2, 0.25) is 0 Å². The second kappa shape index (κ2) is 7.16. The standard InChI is InChI=1S/C20H17NOS/c22-23-21-16-20(17-10-4-1-5-11-17,18-12-6-2-7-13-18)19-14-8-3-9-15-19/h1-15H,16H2. The highest BCUT2D eigenvalue weighted by atomic mass is 32.1. The van der Waals surface area contributed by atoms with Crippen LogP contribution >= 0.6 is 0 Å². The molecule has 3 aromatic carbocycles. The molecule has 0 bridgehead atoms. The van der Waals surface area contributed by atoms with Crippen molar-refractivity contribution in [1.82, 2.24) is 0 Å². The van der Waals surface area contributed by atoms with Gasteiger partial charge in [0.15, 0.2) is 11.5 Å². The molecule has 0 spiro atoms. The van der Waals surface area contributed by atoms with Crippen molar-refractivity contribution in [2.75, 3.05) is 6.54 Å². The summed E-state index contributed by atoms with van der Waals surface area (Å²) in [5.41, 5.74) is 2.95. The van der Waals surface area contributed by atoms with E-state index in [9.17, 15) is 4.21 Å². The molecule has 0 aliphatic carbocycles. The Labute approximate surface area is 140 Å². The van der Waals surface area contributed by atoms with E-state index in [1.165, 1.54) is 0 Å². The van der Waals surface area contributed by atoms with Gasteiger partial charge in [-0.15, -0.1) is 0 Å². The molecule has 3 heteroatoms. The summed E-state index contributed by atoms with van der Waals surface area (Å²) in [5, 5.41) is 0. The minimum Gasteiger partial charge on any atom is -0.193 e. The maximum Gasteiger partial charge on any atom is 0.199 e. The zero-order valence-corrected chi connectivity index (χ0v) is 13.4. The van der Waals surface area contributed by atoms with Crippen LogP contribution in [0.4, 0.5) is 0 Å². The Bertz CT molecular complexity index is 700. The Hall–Kier alpha value is -2.52. The third kappa shape index (κ3) is 3.01. The maximum absolute atomic E-state index is 11.0.